The number of aryl methyl sites for hydroxylation is 1. The average molecular weight is 314 g/mol. The van der Waals surface area contributed by atoms with Crippen molar-refractivity contribution in [3.05, 3.63) is 16.1 Å². The first kappa shape index (κ1) is 20.0. The Bertz CT molecular complexity index is 358. The van der Waals surface area contributed by atoms with Crippen molar-refractivity contribution in [2.75, 3.05) is 0 Å². The molecule has 0 aliphatic rings. The van der Waals surface area contributed by atoms with Crippen LogP contribution in [-0.4, -0.2) is 16.9 Å². The molecule has 0 saturated heterocycles. The number of hydrogen-bond acceptors (Lipinski definition) is 4. The molecule has 106 valence electrons. The quantitative estimate of drug-likeness (QED) is 0.878. The Morgan fingerprint density at radius 2 is 2.11 bits per heavy atom. The van der Waals surface area contributed by atoms with Crippen LogP contribution in [0.15, 0.2) is 5.38 Å². The molecule has 1 rings (SSSR count). The van der Waals surface area contributed by atoms with Gasteiger partial charge in [-0.15, -0.1) is 36.2 Å². The maximum absolute atomic E-state index is 11.5. The van der Waals surface area contributed by atoms with Gasteiger partial charge in [0, 0.05) is 23.5 Å². The summed E-state index contributed by atoms with van der Waals surface area (Å²) in [5, 5.41) is 5.85. The highest BCUT2D eigenvalue weighted by atomic mass is 35.5. The van der Waals surface area contributed by atoms with Crippen LogP contribution >= 0.6 is 36.2 Å². The summed E-state index contributed by atoms with van der Waals surface area (Å²) < 4.78 is 0. The fourth-order valence-corrected chi connectivity index (χ4v) is 2.11. The van der Waals surface area contributed by atoms with Crippen LogP contribution in [-0.2, 0) is 4.79 Å². The number of aromatic nitrogens is 1. The lowest BCUT2D eigenvalue weighted by molar-refractivity contribution is -0.121. The van der Waals surface area contributed by atoms with Crippen molar-refractivity contribution in [2.45, 2.75) is 45.7 Å². The third kappa shape index (κ3) is 7.16. The van der Waals surface area contributed by atoms with E-state index in [0.717, 1.165) is 17.1 Å². The van der Waals surface area contributed by atoms with Crippen LogP contribution in [0.25, 0.3) is 0 Å². The molecule has 1 heterocycles. The highest BCUT2D eigenvalue weighted by Crippen LogP contribution is 2.17. The van der Waals surface area contributed by atoms with Gasteiger partial charge in [-0.1, -0.05) is 0 Å². The number of thiazole rings is 1. The minimum Gasteiger partial charge on any atom is -0.347 e. The first-order valence-electron chi connectivity index (χ1n) is 5.46. The number of carbonyl (C=O) groups excluding carboxylic acids is 1. The lowest BCUT2D eigenvalue weighted by Gasteiger charge is -2.11. The minimum absolute atomic E-state index is 0. The van der Waals surface area contributed by atoms with Gasteiger partial charge in [0.1, 0.15) is 5.01 Å². The molecule has 0 aliphatic heterocycles. The fourth-order valence-electron chi connectivity index (χ4n) is 1.31. The zero-order valence-corrected chi connectivity index (χ0v) is 13.3. The molecule has 18 heavy (non-hydrogen) atoms. The highest BCUT2D eigenvalue weighted by molar-refractivity contribution is 7.09. The van der Waals surface area contributed by atoms with E-state index in [-0.39, 0.29) is 42.8 Å². The third-order valence-electron chi connectivity index (χ3n) is 2.21. The Morgan fingerprint density at radius 3 is 2.56 bits per heavy atom. The number of nitrogens with two attached hydrogens (primary N) is 1. The molecule has 7 heteroatoms. The standard InChI is InChI=1S/C11H19N3OS.2ClH/c1-7(12)4-5-10(15)14-9(3)11-13-8(2)6-16-11;;/h6-7,9H,4-5,12H2,1-3H3,(H,14,15);2*1H. The van der Waals surface area contributed by atoms with E-state index >= 15 is 0 Å². The van der Waals surface area contributed by atoms with Crippen molar-refractivity contribution >= 4 is 42.1 Å². The molecule has 0 fully saturated rings. The maximum Gasteiger partial charge on any atom is 0.220 e. The summed E-state index contributed by atoms with van der Waals surface area (Å²) >= 11 is 1.57. The number of hydrogen-bond donors (Lipinski definition) is 2. The van der Waals surface area contributed by atoms with E-state index in [1.165, 1.54) is 0 Å². The van der Waals surface area contributed by atoms with Gasteiger partial charge in [0.25, 0.3) is 0 Å². The van der Waals surface area contributed by atoms with Crippen LogP contribution in [0.3, 0.4) is 0 Å². The topological polar surface area (TPSA) is 68.0 Å². The first-order chi connectivity index (χ1) is 7.49. The monoisotopic (exact) mass is 313 g/mol. The van der Waals surface area contributed by atoms with Crippen LogP contribution in [0.1, 0.15) is 43.4 Å². The largest absolute Gasteiger partial charge is 0.347 e. The molecule has 0 bridgehead atoms. The Balaban J connectivity index is 0. The van der Waals surface area contributed by atoms with Gasteiger partial charge in [-0.3, -0.25) is 4.79 Å². The molecule has 1 aromatic heterocycles. The van der Waals surface area contributed by atoms with E-state index < -0.39 is 0 Å². The lowest BCUT2D eigenvalue weighted by Crippen LogP contribution is -2.28. The van der Waals surface area contributed by atoms with Crippen molar-refractivity contribution < 1.29 is 4.79 Å². The Kier molecular flexibility index (Phi) is 10.6. The lowest BCUT2D eigenvalue weighted by atomic mass is 10.2. The smallest absolute Gasteiger partial charge is 0.220 e. The summed E-state index contributed by atoms with van der Waals surface area (Å²) in [6.45, 7) is 5.80. The van der Waals surface area contributed by atoms with E-state index in [0.29, 0.717) is 6.42 Å². The number of nitrogens with zero attached hydrogens (tertiary/aromatic N) is 1. The molecule has 1 amide bonds. The van der Waals surface area contributed by atoms with E-state index in [4.69, 9.17) is 5.73 Å². The molecule has 1 aromatic rings. The summed E-state index contributed by atoms with van der Waals surface area (Å²) in [6, 6.07) is 0.0578. The molecule has 2 atom stereocenters. The van der Waals surface area contributed by atoms with Crippen molar-refractivity contribution in [1.29, 1.82) is 0 Å². The Labute approximate surface area is 125 Å². The fraction of sp³-hybridized carbons (Fsp3) is 0.636. The van der Waals surface area contributed by atoms with Crippen LogP contribution in [0, 0.1) is 6.92 Å². The minimum atomic E-state index is -0.0146. The van der Waals surface area contributed by atoms with Gasteiger partial charge in [-0.2, -0.15) is 0 Å². The SMILES string of the molecule is Cc1csc(C(C)NC(=O)CCC(C)N)n1.Cl.Cl. The predicted molar refractivity (Wildman–Crippen MR) is 80.8 cm³/mol. The predicted octanol–water partition coefficient (Wildman–Crippen LogP) is 2.60. The van der Waals surface area contributed by atoms with E-state index in [1.807, 2.05) is 26.2 Å². The second kappa shape index (κ2) is 9.55. The molecular weight excluding hydrogens is 293 g/mol. The third-order valence-corrected chi connectivity index (χ3v) is 3.36. The normalized spacial score (nSPS) is 12.9. The van der Waals surface area contributed by atoms with Crippen LogP contribution in [0.2, 0.25) is 0 Å². The zero-order valence-electron chi connectivity index (χ0n) is 10.8. The number of carbonyl (C=O) groups is 1. The molecular formula is C11H21Cl2N3OS. The zero-order chi connectivity index (χ0) is 12.1. The summed E-state index contributed by atoms with van der Waals surface area (Å²) in [5.41, 5.74) is 6.59. The number of nitrogens with one attached hydrogen (secondary N) is 1. The van der Waals surface area contributed by atoms with Gasteiger partial charge in [0.05, 0.1) is 6.04 Å². The molecule has 4 nitrogen and oxygen atoms in total. The molecule has 0 aromatic carbocycles. The number of rotatable bonds is 5. The van der Waals surface area contributed by atoms with Crippen LogP contribution in [0.4, 0.5) is 0 Å². The van der Waals surface area contributed by atoms with Crippen molar-refractivity contribution in [1.82, 2.24) is 10.3 Å². The highest BCUT2D eigenvalue weighted by Gasteiger charge is 2.12. The van der Waals surface area contributed by atoms with Gasteiger partial charge in [-0.05, 0) is 27.2 Å². The van der Waals surface area contributed by atoms with Gasteiger partial charge in [-0.25, -0.2) is 4.98 Å². The van der Waals surface area contributed by atoms with E-state index in [2.05, 4.69) is 10.3 Å². The van der Waals surface area contributed by atoms with E-state index in [9.17, 15) is 4.79 Å². The van der Waals surface area contributed by atoms with Gasteiger partial charge in [0.2, 0.25) is 5.91 Å². The Hall–Kier alpha value is -0.360. The number of amides is 1. The molecule has 0 aliphatic carbocycles. The summed E-state index contributed by atoms with van der Waals surface area (Å²) in [4.78, 5) is 15.9. The second-order valence-corrected chi connectivity index (χ2v) is 5.02. The number of halogens is 2. The van der Waals surface area contributed by atoms with Gasteiger partial charge < -0.3 is 11.1 Å². The summed E-state index contributed by atoms with van der Waals surface area (Å²) in [5.74, 6) is 0.0395. The van der Waals surface area contributed by atoms with Gasteiger partial charge in [0.15, 0.2) is 0 Å². The second-order valence-electron chi connectivity index (χ2n) is 4.13. The summed E-state index contributed by atoms with van der Waals surface area (Å²) in [6.07, 6.45) is 1.20. The van der Waals surface area contributed by atoms with Gasteiger partial charge >= 0.3 is 0 Å². The molecule has 2 unspecified atom stereocenters. The molecule has 3 N–H and O–H groups in total. The van der Waals surface area contributed by atoms with Crippen molar-refractivity contribution in [3.63, 3.8) is 0 Å². The molecule has 0 spiro atoms. The van der Waals surface area contributed by atoms with Crippen molar-refractivity contribution in [2.24, 2.45) is 5.73 Å². The van der Waals surface area contributed by atoms with Crippen molar-refractivity contribution in [3.8, 4) is 0 Å². The average Bonchev–Trinajstić information content (AvgIpc) is 2.62. The molecule has 0 radical (unpaired) electrons. The molecule has 0 saturated carbocycles. The van der Waals surface area contributed by atoms with Crippen LogP contribution in [0.5, 0.6) is 0 Å². The van der Waals surface area contributed by atoms with E-state index in [1.54, 1.807) is 11.3 Å². The Morgan fingerprint density at radius 1 is 1.50 bits per heavy atom. The first-order valence-corrected chi connectivity index (χ1v) is 6.34. The summed E-state index contributed by atoms with van der Waals surface area (Å²) in [7, 11) is 0. The maximum atomic E-state index is 11.5. The van der Waals surface area contributed by atoms with Crippen LogP contribution < -0.4 is 11.1 Å².